The Balaban J connectivity index is 1.40. The van der Waals surface area contributed by atoms with Gasteiger partial charge in [0.1, 0.15) is 12.7 Å². The number of benzene rings is 3. The average molecular weight is 483 g/mol. The van der Waals surface area contributed by atoms with Gasteiger partial charge in [0.2, 0.25) is 5.91 Å². The Morgan fingerprint density at radius 2 is 1.89 bits per heavy atom. The maximum Gasteiger partial charge on any atom is 0.264 e. The predicted octanol–water partition coefficient (Wildman–Crippen LogP) is 3.33. The number of rotatable bonds is 5. The number of carbonyl (C=O) groups excluding carboxylic acids is 3. The molecule has 0 fully saturated rings. The van der Waals surface area contributed by atoms with Crippen molar-refractivity contribution in [3.05, 3.63) is 77.6 Å². The molecule has 2 aliphatic heterocycles. The molecule has 0 aliphatic carbocycles. The zero-order valence-corrected chi connectivity index (χ0v) is 19.4. The maximum atomic E-state index is 13.7. The van der Waals surface area contributed by atoms with E-state index >= 15 is 0 Å². The van der Waals surface area contributed by atoms with Gasteiger partial charge in [-0.25, -0.2) is 4.98 Å². The lowest BCUT2D eigenvalue weighted by molar-refractivity contribution is -0.117. The van der Waals surface area contributed by atoms with E-state index in [4.69, 9.17) is 9.47 Å². The first kappa shape index (κ1) is 21.7. The first-order valence-electron chi connectivity index (χ1n) is 11.2. The normalized spacial score (nSPS) is 16.0. The van der Waals surface area contributed by atoms with Crippen molar-refractivity contribution >= 4 is 40.1 Å². The first-order valence-corrected chi connectivity index (χ1v) is 11.2. The maximum absolute atomic E-state index is 13.7. The van der Waals surface area contributed by atoms with Crippen molar-refractivity contribution in [2.75, 3.05) is 31.0 Å². The van der Waals surface area contributed by atoms with Gasteiger partial charge in [-0.2, -0.15) is 0 Å². The summed E-state index contributed by atoms with van der Waals surface area (Å²) in [7, 11) is 2.95. The number of nitrogens with one attached hydrogen (secondary N) is 2. The van der Waals surface area contributed by atoms with Crippen LogP contribution < -0.4 is 19.7 Å². The van der Waals surface area contributed by atoms with Gasteiger partial charge in [-0.3, -0.25) is 19.3 Å². The van der Waals surface area contributed by atoms with Crippen LogP contribution in [0.4, 0.5) is 11.4 Å². The standard InChI is InChI=1S/C26H21N5O5/c1-35-20-10-8-16-22(23(20)36-2)26(34)31-19-6-4-3-5-15(19)25(33)30(24(16)31)12-21(32)29-14-7-9-17-18(11-14)28-13-27-17/h3-11,13,24H,12H2,1-2H3,(H,27,28)(H,29,32). The minimum atomic E-state index is -0.810. The summed E-state index contributed by atoms with van der Waals surface area (Å²) in [5, 5.41) is 2.84. The van der Waals surface area contributed by atoms with E-state index < -0.39 is 12.1 Å². The van der Waals surface area contributed by atoms with E-state index in [1.165, 1.54) is 24.0 Å². The van der Waals surface area contributed by atoms with Crippen molar-refractivity contribution < 1.29 is 23.9 Å². The summed E-state index contributed by atoms with van der Waals surface area (Å²) in [5.74, 6) is -0.385. The van der Waals surface area contributed by atoms with Gasteiger partial charge in [0.25, 0.3) is 11.8 Å². The molecule has 10 heteroatoms. The number of carbonyl (C=O) groups is 3. The van der Waals surface area contributed by atoms with Crippen LogP contribution in [-0.4, -0.2) is 53.4 Å². The Hall–Kier alpha value is -4.86. The molecule has 10 nitrogen and oxygen atoms in total. The van der Waals surface area contributed by atoms with Crippen molar-refractivity contribution in [1.29, 1.82) is 0 Å². The van der Waals surface area contributed by atoms with Gasteiger partial charge in [0, 0.05) is 11.3 Å². The van der Waals surface area contributed by atoms with Gasteiger partial charge in [-0.05, 0) is 36.4 Å². The van der Waals surface area contributed by atoms with E-state index in [1.807, 2.05) is 0 Å². The summed E-state index contributed by atoms with van der Waals surface area (Å²) in [6.07, 6.45) is 0.766. The van der Waals surface area contributed by atoms with Crippen LogP contribution in [0.1, 0.15) is 32.4 Å². The quantitative estimate of drug-likeness (QED) is 0.450. The minimum absolute atomic E-state index is 0.267. The Bertz CT molecular complexity index is 1560. The van der Waals surface area contributed by atoms with Crippen LogP contribution >= 0.6 is 0 Å². The molecule has 2 N–H and O–H groups in total. The molecule has 4 aromatic rings. The fraction of sp³-hybridized carbons (Fsp3) is 0.154. The van der Waals surface area contributed by atoms with Gasteiger partial charge in [0.05, 0.1) is 48.4 Å². The third-order valence-corrected chi connectivity index (χ3v) is 6.50. The second-order valence-electron chi connectivity index (χ2n) is 8.45. The third-order valence-electron chi connectivity index (χ3n) is 6.50. The van der Waals surface area contributed by atoms with E-state index in [9.17, 15) is 14.4 Å². The number of aromatic nitrogens is 2. The molecule has 1 aromatic heterocycles. The average Bonchev–Trinajstić information content (AvgIpc) is 3.48. The van der Waals surface area contributed by atoms with Gasteiger partial charge in [0.15, 0.2) is 11.5 Å². The molecule has 0 saturated heterocycles. The van der Waals surface area contributed by atoms with Gasteiger partial charge >= 0.3 is 0 Å². The highest BCUT2D eigenvalue weighted by Gasteiger charge is 2.50. The number of anilines is 2. The van der Waals surface area contributed by atoms with Crippen LogP contribution in [0.5, 0.6) is 11.5 Å². The zero-order chi connectivity index (χ0) is 25.0. The SMILES string of the molecule is COc1ccc2c(c1OC)C(=O)N1c3ccccc3C(=O)N(CC(=O)Nc3ccc4nc[nH]c4c3)C21. The summed E-state index contributed by atoms with van der Waals surface area (Å²) in [5.41, 5.74) is 3.81. The summed E-state index contributed by atoms with van der Waals surface area (Å²) < 4.78 is 10.9. The van der Waals surface area contributed by atoms with E-state index in [0.29, 0.717) is 33.8 Å². The number of fused-ring (bicyclic) bond motifs is 6. The number of hydrogen-bond donors (Lipinski definition) is 2. The number of methoxy groups -OCH3 is 2. The topological polar surface area (TPSA) is 117 Å². The molecular formula is C26H21N5O5. The van der Waals surface area contributed by atoms with E-state index in [2.05, 4.69) is 15.3 Å². The molecule has 2 aliphatic rings. The molecule has 0 spiro atoms. The summed E-state index contributed by atoms with van der Waals surface area (Å²) in [6, 6.07) is 15.6. The van der Waals surface area contributed by atoms with Crippen LogP contribution in [0.2, 0.25) is 0 Å². The Morgan fingerprint density at radius 1 is 1.06 bits per heavy atom. The third kappa shape index (κ3) is 3.11. The minimum Gasteiger partial charge on any atom is -0.493 e. The van der Waals surface area contributed by atoms with Gasteiger partial charge < -0.3 is 24.7 Å². The monoisotopic (exact) mass is 483 g/mol. The van der Waals surface area contributed by atoms with Crippen LogP contribution in [0.15, 0.2) is 60.9 Å². The van der Waals surface area contributed by atoms with Crippen LogP contribution in [0, 0.1) is 0 Å². The number of ether oxygens (including phenoxy) is 2. The highest BCUT2D eigenvalue weighted by Crippen LogP contribution is 2.49. The largest absolute Gasteiger partial charge is 0.493 e. The van der Waals surface area contributed by atoms with E-state index in [-0.39, 0.29) is 24.1 Å². The van der Waals surface area contributed by atoms with Crippen LogP contribution in [0.3, 0.4) is 0 Å². The number of para-hydroxylation sites is 1. The van der Waals surface area contributed by atoms with Crippen molar-refractivity contribution in [2.24, 2.45) is 0 Å². The Morgan fingerprint density at radius 3 is 2.69 bits per heavy atom. The van der Waals surface area contributed by atoms with Crippen molar-refractivity contribution in [1.82, 2.24) is 14.9 Å². The first-order chi connectivity index (χ1) is 17.5. The van der Waals surface area contributed by atoms with Gasteiger partial charge in [-0.1, -0.05) is 18.2 Å². The van der Waals surface area contributed by atoms with Crippen molar-refractivity contribution in [2.45, 2.75) is 6.17 Å². The number of aromatic amines is 1. The molecule has 3 aromatic carbocycles. The molecule has 1 atom stereocenters. The molecule has 6 rings (SSSR count). The summed E-state index contributed by atoms with van der Waals surface area (Å²) >= 11 is 0. The highest BCUT2D eigenvalue weighted by molar-refractivity contribution is 6.18. The molecule has 0 bridgehead atoms. The molecule has 36 heavy (non-hydrogen) atoms. The number of amides is 3. The molecular weight excluding hydrogens is 462 g/mol. The predicted molar refractivity (Wildman–Crippen MR) is 131 cm³/mol. The van der Waals surface area contributed by atoms with E-state index in [1.54, 1.807) is 60.9 Å². The fourth-order valence-electron chi connectivity index (χ4n) is 4.95. The number of imidazole rings is 1. The summed E-state index contributed by atoms with van der Waals surface area (Å²) in [4.78, 5) is 50.6. The lowest BCUT2D eigenvalue weighted by Gasteiger charge is -2.40. The smallest absolute Gasteiger partial charge is 0.264 e. The number of hydrogen-bond acceptors (Lipinski definition) is 6. The highest BCUT2D eigenvalue weighted by atomic mass is 16.5. The van der Waals surface area contributed by atoms with E-state index in [0.717, 1.165) is 11.0 Å². The molecule has 3 heterocycles. The number of nitrogens with zero attached hydrogens (tertiary/aromatic N) is 3. The second kappa shape index (κ2) is 8.12. The molecule has 180 valence electrons. The fourth-order valence-corrected chi connectivity index (χ4v) is 4.95. The van der Waals surface area contributed by atoms with Crippen molar-refractivity contribution in [3.8, 4) is 11.5 Å². The van der Waals surface area contributed by atoms with Crippen molar-refractivity contribution in [3.63, 3.8) is 0 Å². The molecule has 0 saturated carbocycles. The van der Waals surface area contributed by atoms with Crippen LogP contribution in [-0.2, 0) is 4.79 Å². The molecule has 0 radical (unpaired) electrons. The molecule has 1 unspecified atom stereocenters. The second-order valence-corrected chi connectivity index (χ2v) is 8.45. The summed E-state index contributed by atoms with van der Waals surface area (Å²) in [6.45, 7) is -0.267. The lowest BCUT2D eigenvalue weighted by atomic mass is 10.0. The Labute approximate surface area is 205 Å². The number of H-pyrrole nitrogens is 1. The van der Waals surface area contributed by atoms with Gasteiger partial charge in [-0.15, -0.1) is 0 Å². The zero-order valence-electron chi connectivity index (χ0n) is 19.4. The Kier molecular flexibility index (Phi) is 4.89. The lowest BCUT2D eigenvalue weighted by Crippen LogP contribution is -2.50. The molecule has 3 amide bonds. The van der Waals surface area contributed by atoms with Crippen LogP contribution in [0.25, 0.3) is 11.0 Å².